The van der Waals surface area contributed by atoms with Crippen LogP contribution in [0.25, 0.3) is 5.52 Å². The van der Waals surface area contributed by atoms with Crippen molar-refractivity contribution in [1.29, 1.82) is 5.26 Å². The summed E-state index contributed by atoms with van der Waals surface area (Å²) in [5.74, 6) is -2.33. The number of halogens is 3. The molecule has 1 aliphatic rings. The second-order valence-corrected chi connectivity index (χ2v) is 7.38. The van der Waals surface area contributed by atoms with Gasteiger partial charge in [0, 0.05) is 12.6 Å². The molecule has 3 aromatic rings. The number of carboxylic acids is 1. The summed E-state index contributed by atoms with van der Waals surface area (Å²) in [6.07, 6.45) is -2.86. The van der Waals surface area contributed by atoms with Gasteiger partial charge >= 0.3 is 12.1 Å². The molecule has 4 N–H and O–H groups in total. The maximum atomic E-state index is 12.7. The van der Waals surface area contributed by atoms with Crippen LogP contribution >= 0.6 is 0 Å². The molecule has 12 heteroatoms. The quantitative estimate of drug-likeness (QED) is 0.456. The summed E-state index contributed by atoms with van der Waals surface area (Å²) in [7, 11) is 0. The summed E-state index contributed by atoms with van der Waals surface area (Å²) in [4.78, 5) is 21.6. The fourth-order valence-corrected chi connectivity index (χ4v) is 3.30. The lowest BCUT2D eigenvalue weighted by atomic mass is 10.1. The van der Waals surface area contributed by atoms with E-state index < -0.39 is 12.1 Å². The molecule has 1 saturated heterocycles. The lowest BCUT2D eigenvalue weighted by Gasteiger charge is -2.24. The normalized spacial score (nSPS) is 15.5. The van der Waals surface area contributed by atoms with Crippen molar-refractivity contribution < 1.29 is 27.9 Å². The number of carbonyl (C=O) groups excluding carboxylic acids is 1. The first-order valence-electron chi connectivity index (χ1n) is 10.3. The highest BCUT2D eigenvalue weighted by atomic mass is 19.4. The van der Waals surface area contributed by atoms with Crippen molar-refractivity contribution in [3.8, 4) is 6.07 Å². The highest BCUT2D eigenvalue weighted by Crippen LogP contribution is 2.18. The number of piperidine rings is 1. The molecule has 0 saturated carbocycles. The van der Waals surface area contributed by atoms with E-state index in [2.05, 4.69) is 27.1 Å². The number of nitrogens with zero attached hydrogens (tertiary/aromatic N) is 3. The minimum absolute atomic E-state index is 0.304. The number of alkyl halides is 3. The van der Waals surface area contributed by atoms with E-state index in [1.165, 1.54) is 0 Å². The summed E-state index contributed by atoms with van der Waals surface area (Å²) in [5.41, 5.74) is 2.17. The number of nitrogens with one attached hydrogen (secondary N) is 3. The lowest BCUT2D eigenvalue weighted by Crippen LogP contribution is -2.38. The minimum atomic E-state index is -5.08. The fraction of sp³-hybridized carbons (Fsp3) is 0.273. The van der Waals surface area contributed by atoms with Gasteiger partial charge < -0.3 is 21.1 Å². The molecular formula is C22H21F3N6O3. The topological polar surface area (TPSA) is 132 Å². The van der Waals surface area contributed by atoms with Crippen LogP contribution in [0.3, 0.4) is 0 Å². The fourth-order valence-electron chi connectivity index (χ4n) is 3.30. The molecule has 3 heterocycles. The maximum absolute atomic E-state index is 12.7. The number of hydrogen-bond donors (Lipinski definition) is 4. The van der Waals surface area contributed by atoms with Gasteiger partial charge in [0.15, 0.2) is 0 Å². The summed E-state index contributed by atoms with van der Waals surface area (Å²) in [6.45, 7) is 1.96. The van der Waals surface area contributed by atoms with Gasteiger partial charge in [0.1, 0.15) is 17.6 Å². The molecule has 0 radical (unpaired) electrons. The Kier molecular flexibility index (Phi) is 7.70. The van der Waals surface area contributed by atoms with E-state index in [1.54, 1.807) is 34.8 Å². The molecule has 1 aliphatic heterocycles. The van der Waals surface area contributed by atoms with Crippen molar-refractivity contribution in [3.05, 3.63) is 59.8 Å². The number of benzene rings is 1. The van der Waals surface area contributed by atoms with E-state index in [1.807, 2.05) is 18.2 Å². The first-order valence-corrected chi connectivity index (χ1v) is 10.3. The monoisotopic (exact) mass is 474 g/mol. The molecule has 0 aliphatic carbocycles. The first kappa shape index (κ1) is 24.5. The van der Waals surface area contributed by atoms with Crippen LogP contribution in [0.1, 0.15) is 28.9 Å². The zero-order valence-electron chi connectivity index (χ0n) is 17.8. The molecule has 1 atom stereocenters. The smallest absolute Gasteiger partial charge is 0.475 e. The van der Waals surface area contributed by atoms with E-state index in [-0.39, 0.29) is 5.91 Å². The van der Waals surface area contributed by atoms with Crippen LogP contribution in [-0.4, -0.2) is 51.9 Å². The van der Waals surface area contributed by atoms with E-state index in [4.69, 9.17) is 9.90 Å². The van der Waals surface area contributed by atoms with Gasteiger partial charge in [-0.15, -0.1) is 5.10 Å². The van der Waals surface area contributed by atoms with Crippen LogP contribution < -0.4 is 16.0 Å². The van der Waals surface area contributed by atoms with Crippen LogP contribution in [0.15, 0.2) is 48.5 Å². The number of amides is 1. The summed E-state index contributed by atoms with van der Waals surface area (Å²) in [5, 5.41) is 30.5. The van der Waals surface area contributed by atoms with Gasteiger partial charge in [-0.2, -0.15) is 18.4 Å². The highest BCUT2D eigenvalue weighted by molar-refractivity contribution is 6.04. The number of fused-ring (bicyclic) bond motifs is 1. The van der Waals surface area contributed by atoms with E-state index >= 15 is 0 Å². The van der Waals surface area contributed by atoms with Gasteiger partial charge in [-0.3, -0.25) is 4.79 Å². The van der Waals surface area contributed by atoms with Crippen molar-refractivity contribution in [3.63, 3.8) is 0 Å². The van der Waals surface area contributed by atoms with Crippen molar-refractivity contribution in [2.75, 3.05) is 23.7 Å². The third-order valence-electron chi connectivity index (χ3n) is 4.92. The number of para-hydroxylation sites is 1. The molecule has 2 aromatic heterocycles. The number of carbonyl (C=O) groups is 2. The Balaban J connectivity index is 0.000000406. The molecule has 1 amide bonds. The Morgan fingerprint density at radius 3 is 2.53 bits per heavy atom. The van der Waals surface area contributed by atoms with Crippen LogP contribution in [0.5, 0.6) is 0 Å². The van der Waals surface area contributed by atoms with Crippen LogP contribution in [0.4, 0.5) is 24.7 Å². The number of carboxylic acid groups (broad SMARTS) is 1. The highest BCUT2D eigenvalue weighted by Gasteiger charge is 2.38. The summed E-state index contributed by atoms with van der Waals surface area (Å²) < 4.78 is 33.4. The molecule has 1 fully saturated rings. The average molecular weight is 474 g/mol. The van der Waals surface area contributed by atoms with E-state index in [0.29, 0.717) is 23.0 Å². The molecule has 9 nitrogen and oxygen atoms in total. The van der Waals surface area contributed by atoms with Crippen molar-refractivity contribution >= 4 is 28.9 Å². The molecule has 178 valence electrons. The van der Waals surface area contributed by atoms with Gasteiger partial charge in [0.05, 0.1) is 16.8 Å². The molecule has 4 rings (SSSR count). The summed E-state index contributed by atoms with van der Waals surface area (Å²) in [6, 6.07) is 16.8. The minimum Gasteiger partial charge on any atom is -0.475 e. The van der Waals surface area contributed by atoms with Crippen LogP contribution in [0.2, 0.25) is 0 Å². The number of anilines is 2. The standard InChI is InChI=1S/C20H20N6O.C2HF3O2/c21-12-14-4-1-2-6-17(14)24-20(27)18-9-7-16-8-10-19(25-26(16)18)23-15-5-3-11-22-13-15;3-2(4,5)1(6)7/h1-2,4,6-10,15,22H,3,5,11,13H2,(H,23,25)(H,24,27);(H,6,7)/t15-;/m1./s1. The Hall–Kier alpha value is -4.11. The SMILES string of the molecule is N#Cc1ccccc1NC(=O)c1ccc2ccc(N[C@@H]3CCCNC3)nn12.O=C(O)C(F)(F)F. The number of aromatic nitrogens is 2. The Morgan fingerprint density at radius 2 is 1.88 bits per heavy atom. The van der Waals surface area contributed by atoms with E-state index in [9.17, 15) is 23.2 Å². The van der Waals surface area contributed by atoms with E-state index in [0.717, 1.165) is 37.3 Å². The maximum Gasteiger partial charge on any atom is 0.490 e. The zero-order chi connectivity index (χ0) is 24.7. The number of hydrogen-bond acceptors (Lipinski definition) is 6. The molecule has 34 heavy (non-hydrogen) atoms. The first-order chi connectivity index (χ1) is 16.2. The average Bonchev–Trinajstić information content (AvgIpc) is 3.23. The molecular weight excluding hydrogens is 453 g/mol. The van der Waals surface area contributed by atoms with Gasteiger partial charge in [-0.25, -0.2) is 9.31 Å². The Morgan fingerprint density at radius 1 is 1.18 bits per heavy atom. The van der Waals surface area contributed by atoms with Gasteiger partial charge in [-0.05, 0) is 55.8 Å². The molecule has 0 bridgehead atoms. The number of aliphatic carboxylic acids is 1. The van der Waals surface area contributed by atoms with Gasteiger partial charge in [-0.1, -0.05) is 12.1 Å². The molecule has 1 aromatic carbocycles. The predicted molar refractivity (Wildman–Crippen MR) is 118 cm³/mol. The van der Waals surface area contributed by atoms with Crippen molar-refractivity contribution in [2.45, 2.75) is 25.1 Å². The van der Waals surface area contributed by atoms with Crippen molar-refractivity contribution in [2.24, 2.45) is 0 Å². The third-order valence-corrected chi connectivity index (χ3v) is 4.92. The third kappa shape index (κ3) is 6.23. The van der Waals surface area contributed by atoms with Crippen LogP contribution in [0, 0.1) is 11.3 Å². The Bertz CT molecular complexity index is 1210. The lowest BCUT2D eigenvalue weighted by molar-refractivity contribution is -0.192. The Labute approximate surface area is 192 Å². The largest absolute Gasteiger partial charge is 0.490 e. The molecule has 0 unspecified atom stereocenters. The van der Waals surface area contributed by atoms with Crippen LogP contribution in [-0.2, 0) is 4.79 Å². The second-order valence-electron chi connectivity index (χ2n) is 7.38. The van der Waals surface area contributed by atoms with Gasteiger partial charge in [0.25, 0.3) is 5.91 Å². The summed E-state index contributed by atoms with van der Waals surface area (Å²) >= 11 is 0. The van der Waals surface area contributed by atoms with Crippen molar-refractivity contribution in [1.82, 2.24) is 14.9 Å². The predicted octanol–water partition coefficient (Wildman–Crippen LogP) is 3.26. The number of nitriles is 1. The number of rotatable bonds is 4. The second kappa shape index (κ2) is 10.7. The van der Waals surface area contributed by atoms with Gasteiger partial charge in [0.2, 0.25) is 0 Å². The molecule has 0 spiro atoms. The zero-order valence-corrected chi connectivity index (χ0v) is 17.8.